The third kappa shape index (κ3) is 4.06. The van der Waals surface area contributed by atoms with E-state index in [4.69, 9.17) is 4.74 Å². The molecule has 13 heavy (non-hydrogen) atoms. The zero-order chi connectivity index (χ0) is 10.7. The Hall–Kier alpha value is -0.130. The molecule has 0 aromatic rings. The number of sulfonamides is 1. The van der Waals surface area contributed by atoms with Gasteiger partial charge in [-0.15, -0.1) is 0 Å². The molecule has 80 valence electrons. The monoisotopic (exact) mass is 209 g/mol. The summed E-state index contributed by atoms with van der Waals surface area (Å²) in [5.74, 6) is 0. The lowest BCUT2D eigenvalue weighted by Crippen LogP contribution is -2.36. The van der Waals surface area contributed by atoms with E-state index in [1.807, 2.05) is 13.8 Å². The molecule has 5 heteroatoms. The maximum absolute atomic E-state index is 11.3. The van der Waals surface area contributed by atoms with E-state index in [9.17, 15) is 8.42 Å². The Balaban J connectivity index is 4.40. The van der Waals surface area contributed by atoms with Crippen molar-refractivity contribution in [2.45, 2.75) is 38.0 Å². The van der Waals surface area contributed by atoms with E-state index in [2.05, 4.69) is 4.72 Å². The molecule has 0 heterocycles. The Morgan fingerprint density at radius 3 is 2.23 bits per heavy atom. The van der Waals surface area contributed by atoms with Crippen LogP contribution in [-0.2, 0) is 14.8 Å². The van der Waals surface area contributed by atoms with Crippen molar-refractivity contribution in [2.75, 3.05) is 14.2 Å². The first-order valence-electron chi connectivity index (χ1n) is 4.22. The van der Waals surface area contributed by atoms with Gasteiger partial charge in [0.2, 0.25) is 10.0 Å². The highest BCUT2D eigenvalue weighted by atomic mass is 32.2. The average molecular weight is 209 g/mol. The van der Waals surface area contributed by atoms with Gasteiger partial charge in [-0.05, 0) is 34.2 Å². The van der Waals surface area contributed by atoms with E-state index in [0.29, 0.717) is 6.42 Å². The summed E-state index contributed by atoms with van der Waals surface area (Å²) in [6.45, 7) is 5.41. The molecule has 4 nitrogen and oxygen atoms in total. The minimum atomic E-state index is -3.17. The van der Waals surface area contributed by atoms with Crippen LogP contribution in [0.15, 0.2) is 0 Å². The van der Waals surface area contributed by atoms with Crippen molar-refractivity contribution in [1.82, 2.24) is 4.72 Å². The zero-order valence-electron chi connectivity index (χ0n) is 8.92. The summed E-state index contributed by atoms with van der Waals surface area (Å²) in [6.07, 6.45) is 0.479. The second-order valence-corrected chi connectivity index (χ2v) is 6.03. The van der Waals surface area contributed by atoms with Gasteiger partial charge in [-0.2, -0.15) is 0 Å². The van der Waals surface area contributed by atoms with Crippen LogP contribution in [0.1, 0.15) is 27.2 Å². The molecule has 0 aliphatic heterocycles. The van der Waals surface area contributed by atoms with Crippen molar-refractivity contribution in [2.24, 2.45) is 0 Å². The van der Waals surface area contributed by atoms with E-state index < -0.39 is 20.9 Å². The Labute approximate surface area is 80.7 Å². The van der Waals surface area contributed by atoms with Gasteiger partial charge in [0.05, 0.1) is 10.9 Å². The summed E-state index contributed by atoms with van der Waals surface area (Å²) < 4.78 is 30.1. The highest BCUT2D eigenvalue weighted by Gasteiger charge is 2.27. The van der Waals surface area contributed by atoms with Crippen LogP contribution in [0.25, 0.3) is 0 Å². The van der Waals surface area contributed by atoms with Crippen LogP contribution >= 0.6 is 0 Å². The van der Waals surface area contributed by atoms with E-state index in [1.54, 1.807) is 14.0 Å². The average Bonchev–Trinajstić information content (AvgIpc) is 2.04. The van der Waals surface area contributed by atoms with Gasteiger partial charge in [-0.3, -0.25) is 0 Å². The molecule has 0 saturated carbocycles. The Kier molecular flexibility index (Phi) is 4.35. The van der Waals surface area contributed by atoms with E-state index in [-0.39, 0.29) is 0 Å². The fourth-order valence-electron chi connectivity index (χ4n) is 1.09. The first-order valence-corrected chi connectivity index (χ1v) is 5.77. The van der Waals surface area contributed by atoms with Gasteiger partial charge in [-0.25, -0.2) is 13.1 Å². The van der Waals surface area contributed by atoms with Gasteiger partial charge in [0.25, 0.3) is 0 Å². The fraction of sp³-hybridized carbons (Fsp3) is 1.00. The van der Waals surface area contributed by atoms with Crippen LogP contribution < -0.4 is 4.72 Å². The van der Waals surface area contributed by atoms with Crippen molar-refractivity contribution < 1.29 is 13.2 Å². The van der Waals surface area contributed by atoms with E-state index in [0.717, 1.165) is 0 Å². The summed E-state index contributed by atoms with van der Waals surface area (Å²) >= 11 is 0. The number of methoxy groups -OCH3 is 1. The molecular formula is C8H19NO3S. The Bertz CT molecular complexity index is 246. The maximum Gasteiger partial charge on any atom is 0.214 e. The standard InChI is InChI=1S/C8H19NO3S/c1-7(13(10,11)9-4)6-8(2,3)12-5/h7,9H,6H2,1-5H3. The summed E-state index contributed by atoms with van der Waals surface area (Å²) in [6, 6.07) is 0. The van der Waals surface area contributed by atoms with Crippen molar-refractivity contribution in [3.8, 4) is 0 Å². The lowest BCUT2D eigenvalue weighted by atomic mass is 10.0. The SMILES string of the molecule is CNS(=O)(=O)C(C)CC(C)(C)OC. The maximum atomic E-state index is 11.3. The highest BCUT2D eigenvalue weighted by Crippen LogP contribution is 2.18. The van der Waals surface area contributed by atoms with Crippen molar-refractivity contribution >= 4 is 10.0 Å². The molecule has 0 saturated heterocycles. The Morgan fingerprint density at radius 2 is 1.92 bits per heavy atom. The lowest BCUT2D eigenvalue weighted by molar-refractivity contribution is 0.0156. The van der Waals surface area contributed by atoms with Gasteiger partial charge in [0, 0.05) is 7.11 Å². The summed E-state index contributed by atoms with van der Waals surface area (Å²) in [4.78, 5) is 0. The van der Waals surface area contributed by atoms with Gasteiger partial charge in [0.15, 0.2) is 0 Å². The third-order valence-electron chi connectivity index (χ3n) is 2.15. The summed E-state index contributed by atoms with van der Waals surface area (Å²) in [5.41, 5.74) is -0.399. The molecule has 1 unspecified atom stereocenters. The molecule has 0 bridgehead atoms. The van der Waals surface area contributed by atoms with Crippen molar-refractivity contribution in [1.29, 1.82) is 0 Å². The fourth-order valence-corrected chi connectivity index (χ4v) is 2.11. The number of ether oxygens (including phenoxy) is 1. The van der Waals surface area contributed by atoms with E-state index in [1.165, 1.54) is 7.05 Å². The molecule has 0 aromatic carbocycles. The molecule has 0 radical (unpaired) electrons. The summed E-state index contributed by atoms with van der Waals surface area (Å²) in [7, 11) is -0.167. The Morgan fingerprint density at radius 1 is 1.46 bits per heavy atom. The summed E-state index contributed by atoms with van der Waals surface area (Å²) in [5, 5.41) is -0.438. The predicted molar refractivity (Wildman–Crippen MR) is 53.1 cm³/mol. The van der Waals surface area contributed by atoms with Gasteiger partial charge >= 0.3 is 0 Å². The van der Waals surface area contributed by atoms with Crippen LogP contribution in [0.5, 0.6) is 0 Å². The second kappa shape index (κ2) is 4.39. The molecule has 1 atom stereocenters. The molecular weight excluding hydrogens is 190 g/mol. The minimum absolute atomic E-state index is 0.399. The van der Waals surface area contributed by atoms with Crippen LogP contribution in [0, 0.1) is 0 Å². The number of nitrogens with one attached hydrogen (secondary N) is 1. The zero-order valence-corrected chi connectivity index (χ0v) is 9.73. The number of hydrogen-bond acceptors (Lipinski definition) is 3. The molecule has 0 spiro atoms. The first-order chi connectivity index (χ1) is 5.75. The molecule has 0 aliphatic carbocycles. The molecule has 0 aromatic heterocycles. The van der Waals surface area contributed by atoms with Crippen molar-refractivity contribution in [3.63, 3.8) is 0 Å². The largest absolute Gasteiger partial charge is 0.379 e. The van der Waals surface area contributed by atoms with Crippen LogP contribution in [0.2, 0.25) is 0 Å². The third-order valence-corrected chi connectivity index (χ3v) is 3.94. The van der Waals surface area contributed by atoms with Crippen LogP contribution in [0.3, 0.4) is 0 Å². The molecule has 1 N–H and O–H groups in total. The predicted octanol–water partition coefficient (Wildman–Crippen LogP) is 0.739. The van der Waals surface area contributed by atoms with Gasteiger partial charge in [-0.1, -0.05) is 0 Å². The second-order valence-electron chi connectivity index (χ2n) is 3.73. The van der Waals surface area contributed by atoms with Crippen LogP contribution in [0.4, 0.5) is 0 Å². The normalized spacial score (nSPS) is 15.8. The smallest absolute Gasteiger partial charge is 0.214 e. The van der Waals surface area contributed by atoms with E-state index >= 15 is 0 Å². The molecule has 0 amide bonds. The minimum Gasteiger partial charge on any atom is -0.379 e. The van der Waals surface area contributed by atoms with Crippen molar-refractivity contribution in [3.05, 3.63) is 0 Å². The van der Waals surface area contributed by atoms with Crippen LogP contribution in [-0.4, -0.2) is 33.4 Å². The molecule has 0 rings (SSSR count). The molecule has 0 fully saturated rings. The van der Waals surface area contributed by atoms with Gasteiger partial charge in [0.1, 0.15) is 0 Å². The number of hydrogen-bond donors (Lipinski definition) is 1. The lowest BCUT2D eigenvalue weighted by Gasteiger charge is -2.26. The topological polar surface area (TPSA) is 55.4 Å². The number of rotatable bonds is 5. The quantitative estimate of drug-likeness (QED) is 0.726. The highest BCUT2D eigenvalue weighted by molar-refractivity contribution is 7.90. The first kappa shape index (κ1) is 12.9. The molecule has 0 aliphatic rings. The van der Waals surface area contributed by atoms with Gasteiger partial charge < -0.3 is 4.74 Å².